The van der Waals surface area contributed by atoms with Gasteiger partial charge in [0, 0.05) is 17.9 Å². The number of H-pyrrole nitrogens is 1. The second-order valence-corrected chi connectivity index (χ2v) is 12.2. The molecular weight excluding hydrogens is 587 g/mol. The number of halogens is 3. The molecule has 0 radical (unpaired) electrons. The van der Waals surface area contributed by atoms with Crippen molar-refractivity contribution in [2.24, 2.45) is 11.7 Å². The van der Waals surface area contributed by atoms with Crippen molar-refractivity contribution in [2.75, 3.05) is 11.5 Å². The summed E-state index contributed by atoms with van der Waals surface area (Å²) in [7, 11) is 0. The van der Waals surface area contributed by atoms with Gasteiger partial charge in [0.15, 0.2) is 0 Å². The van der Waals surface area contributed by atoms with Crippen molar-refractivity contribution in [1.82, 2.24) is 30.8 Å². The maximum Gasteiger partial charge on any atom is 0.442 e. The lowest BCUT2D eigenvalue weighted by atomic mass is 10.0. The average molecular weight is 614 g/mol. The molecule has 1 aromatic rings. The third-order valence-electron chi connectivity index (χ3n) is 5.52. The first-order valence-electron chi connectivity index (χ1n) is 11.4. The third-order valence-corrected chi connectivity index (χ3v) is 8.58. The van der Waals surface area contributed by atoms with Crippen LogP contribution in [0, 0.1) is 5.92 Å². The Balaban J connectivity index is 1.79. The van der Waals surface area contributed by atoms with Crippen molar-refractivity contribution < 1.29 is 41.8 Å². The Kier molecular flexibility index (Phi) is 10.2. The second-order valence-electron chi connectivity index (χ2n) is 8.70. The van der Waals surface area contributed by atoms with Crippen LogP contribution in [0.2, 0.25) is 0 Å². The molecule has 0 bridgehead atoms. The van der Waals surface area contributed by atoms with E-state index in [9.17, 15) is 32.3 Å². The molecule has 5 atom stereocenters. The molecule has 2 aliphatic heterocycles. The fourth-order valence-electron chi connectivity index (χ4n) is 3.48. The molecule has 0 saturated carbocycles. The van der Waals surface area contributed by atoms with E-state index in [4.69, 9.17) is 15.2 Å². The maximum atomic E-state index is 13.3. The minimum Gasteiger partial charge on any atom is -0.424 e. The van der Waals surface area contributed by atoms with Crippen LogP contribution in [-0.4, -0.2) is 95.3 Å². The van der Waals surface area contributed by atoms with Crippen LogP contribution < -0.4 is 11.1 Å². The molecule has 3 heterocycles. The Bertz CT molecular complexity index is 1120. The quantitative estimate of drug-likeness (QED) is 0.139. The number of esters is 2. The zero-order valence-corrected chi connectivity index (χ0v) is 23.5. The lowest BCUT2D eigenvalue weighted by Gasteiger charge is -2.50. The minimum atomic E-state index is -4.60. The summed E-state index contributed by atoms with van der Waals surface area (Å²) in [6.45, 7) is 6.49. The molecule has 1 fully saturated rings. The number of tetrazole rings is 1. The first-order valence-corrected chi connectivity index (χ1v) is 14.4. The Labute approximate surface area is 233 Å². The molecule has 2 amide bonds. The number of rotatable bonds is 11. The Morgan fingerprint density at radius 3 is 2.54 bits per heavy atom. The summed E-state index contributed by atoms with van der Waals surface area (Å²) in [6, 6.07) is -2.08. The van der Waals surface area contributed by atoms with Crippen LogP contribution >= 0.6 is 35.3 Å². The number of thioether (sulfide) groups is 3. The molecule has 3 unspecified atom stereocenters. The number of aromatic amines is 1. The standard InChI is InChI=1S/C20H26F3N7O6S3/c1-7(2)12(24)17(33)35-9(4)36-18(34)14-10(8(3)39-19-26-28-29-27-19)5-37-16-13(15(32)30(14)16)25-11(31)6-38-20(21,22)23/h7-9,12-13,16H,5-6,24H2,1-4H3,(H,25,31)(H,26,27,28,29)/t8?,9?,12-,13?,16-/m0/s1. The van der Waals surface area contributed by atoms with Crippen LogP contribution in [0.5, 0.6) is 0 Å². The summed E-state index contributed by atoms with van der Waals surface area (Å²) in [5.41, 5.74) is 1.52. The van der Waals surface area contributed by atoms with Crippen LogP contribution in [0.3, 0.4) is 0 Å². The predicted molar refractivity (Wildman–Crippen MR) is 135 cm³/mol. The molecule has 3 rings (SSSR count). The second kappa shape index (κ2) is 12.8. The third kappa shape index (κ3) is 7.79. The van der Waals surface area contributed by atoms with Crippen LogP contribution in [0.4, 0.5) is 13.2 Å². The maximum absolute atomic E-state index is 13.3. The van der Waals surface area contributed by atoms with E-state index >= 15 is 0 Å². The van der Waals surface area contributed by atoms with Gasteiger partial charge in [-0.15, -0.1) is 22.0 Å². The number of aromatic nitrogens is 4. The highest BCUT2D eigenvalue weighted by Crippen LogP contribution is 2.44. The number of hydrogen-bond acceptors (Lipinski definition) is 13. The molecule has 19 heteroatoms. The first-order chi connectivity index (χ1) is 18.2. The number of carbonyl (C=O) groups excluding carboxylic acids is 4. The van der Waals surface area contributed by atoms with Crippen LogP contribution in [0.25, 0.3) is 0 Å². The molecule has 0 aliphatic carbocycles. The summed E-state index contributed by atoms with van der Waals surface area (Å²) >= 11 is 1.84. The monoisotopic (exact) mass is 613 g/mol. The number of hydrogen-bond donors (Lipinski definition) is 3. The van der Waals surface area contributed by atoms with Crippen molar-refractivity contribution in [3.8, 4) is 0 Å². The SMILES string of the molecule is CC(OC(=O)C1=C(C(C)Sc2nn[nH]n2)CS[C@H]2C(NC(=O)CSC(F)(F)F)C(=O)N12)OC(=O)[C@@H](N)C(C)C. The highest BCUT2D eigenvalue weighted by Gasteiger charge is 2.55. The summed E-state index contributed by atoms with van der Waals surface area (Å²) in [5, 5.41) is 14.9. The lowest BCUT2D eigenvalue weighted by Crippen LogP contribution is -2.71. The number of amides is 2. The van der Waals surface area contributed by atoms with E-state index in [1.165, 1.54) is 18.7 Å². The smallest absolute Gasteiger partial charge is 0.424 e. The molecule has 2 aliphatic rings. The van der Waals surface area contributed by atoms with Crippen molar-refractivity contribution in [3.63, 3.8) is 0 Å². The van der Waals surface area contributed by atoms with Crippen molar-refractivity contribution in [1.29, 1.82) is 0 Å². The molecule has 1 saturated heterocycles. The van der Waals surface area contributed by atoms with E-state index in [0.717, 1.165) is 16.7 Å². The first kappa shape index (κ1) is 31.0. The van der Waals surface area contributed by atoms with Gasteiger partial charge in [-0.1, -0.05) is 25.6 Å². The van der Waals surface area contributed by atoms with Crippen molar-refractivity contribution in [2.45, 2.75) is 67.4 Å². The van der Waals surface area contributed by atoms with Crippen molar-refractivity contribution >= 4 is 59.0 Å². The van der Waals surface area contributed by atoms with Gasteiger partial charge >= 0.3 is 17.4 Å². The number of nitrogens with one attached hydrogen (secondary N) is 2. The van der Waals surface area contributed by atoms with Gasteiger partial charge in [-0.3, -0.25) is 19.3 Å². The summed E-state index contributed by atoms with van der Waals surface area (Å²) < 4.78 is 47.8. The minimum absolute atomic E-state index is 0.126. The summed E-state index contributed by atoms with van der Waals surface area (Å²) in [6.07, 6.45) is -1.34. The summed E-state index contributed by atoms with van der Waals surface area (Å²) in [4.78, 5) is 51.7. The number of nitrogens with two attached hydrogens (primary N) is 1. The van der Waals surface area contributed by atoms with Gasteiger partial charge in [0.25, 0.3) is 5.91 Å². The number of ether oxygens (including phenoxy) is 2. The Morgan fingerprint density at radius 1 is 1.26 bits per heavy atom. The molecule has 0 aromatic carbocycles. The van der Waals surface area contributed by atoms with Gasteiger partial charge in [0.2, 0.25) is 17.4 Å². The topological polar surface area (TPSA) is 182 Å². The summed E-state index contributed by atoms with van der Waals surface area (Å²) in [5.74, 6) is -4.36. The van der Waals surface area contributed by atoms with Crippen LogP contribution in [0.15, 0.2) is 16.4 Å². The zero-order valence-electron chi connectivity index (χ0n) is 21.1. The van der Waals surface area contributed by atoms with Gasteiger partial charge in [0.05, 0.1) is 5.75 Å². The van der Waals surface area contributed by atoms with Crippen LogP contribution in [0.1, 0.15) is 27.7 Å². The van der Waals surface area contributed by atoms with Crippen molar-refractivity contribution in [3.05, 3.63) is 11.3 Å². The van der Waals surface area contributed by atoms with Gasteiger partial charge < -0.3 is 20.5 Å². The van der Waals surface area contributed by atoms with Gasteiger partial charge in [0.1, 0.15) is 23.2 Å². The Morgan fingerprint density at radius 2 is 1.95 bits per heavy atom. The number of β-lactam (4-membered cyclic amide) rings is 1. The highest BCUT2D eigenvalue weighted by atomic mass is 32.2. The number of alkyl halides is 3. The van der Waals surface area contributed by atoms with Crippen LogP contribution in [-0.2, 0) is 28.7 Å². The van der Waals surface area contributed by atoms with Gasteiger partial charge in [-0.05, 0) is 35.4 Å². The zero-order chi connectivity index (χ0) is 29.1. The fourth-order valence-corrected chi connectivity index (χ4v) is 6.27. The Hall–Kier alpha value is -2.51. The van der Waals surface area contributed by atoms with E-state index in [0.29, 0.717) is 5.57 Å². The molecule has 0 spiro atoms. The molecule has 39 heavy (non-hydrogen) atoms. The van der Waals surface area contributed by atoms with E-state index in [1.54, 1.807) is 20.8 Å². The normalized spacial score (nSPS) is 21.6. The van der Waals surface area contributed by atoms with E-state index in [1.807, 2.05) is 0 Å². The molecule has 1 aromatic heterocycles. The number of nitrogens with zero attached hydrogens (tertiary/aromatic N) is 4. The molecule has 13 nitrogen and oxygen atoms in total. The molecular formula is C20H26F3N7O6S3. The molecule has 4 N–H and O–H groups in total. The lowest BCUT2D eigenvalue weighted by molar-refractivity contribution is -0.185. The van der Waals surface area contributed by atoms with E-state index < -0.39 is 75.8 Å². The predicted octanol–water partition coefficient (Wildman–Crippen LogP) is 1.00. The fraction of sp³-hybridized carbons (Fsp3) is 0.650. The largest absolute Gasteiger partial charge is 0.442 e. The number of fused-ring (bicyclic) bond motifs is 1. The number of carbonyl (C=O) groups is 4. The molecule has 216 valence electrons. The highest BCUT2D eigenvalue weighted by molar-refractivity contribution is 8.01. The van der Waals surface area contributed by atoms with Gasteiger partial charge in [-0.25, -0.2) is 4.79 Å². The van der Waals surface area contributed by atoms with E-state index in [2.05, 4.69) is 25.9 Å². The average Bonchev–Trinajstić information content (AvgIpc) is 3.36. The van der Waals surface area contributed by atoms with E-state index in [-0.39, 0.29) is 22.5 Å². The van der Waals surface area contributed by atoms with Gasteiger partial charge in [-0.2, -0.15) is 18.4 Å².